The number of amides is 1. The Morgan fingerprint density at radius 2 is 1.78 bits per heavy atom. The van der Waals surface area contributed by atoms with Crippen molar-refractivity contribution in [2.24, 2.45) is 0 Å². The number of aliphatic hydroxyl groups excluding tert-OH is 1. The van der Waals surface area contributed by atoms with Crippen LogP contribution in [-0.4, -0.2) is 34.7 Å². The van der Waals surface area contributed by atoms with E-state index < -0.39 is 0 Å². The molecule has 0 unspecified atom stereocenters. The molecule has 0 aromatic heterocycles. The quantitative estimate of drug-likeness (QED) is 0.654. The highest BCUT2D eigenvalue weighted by atomic mass is 16.3. The van der Waals surface area contributed by atoms with E-state index in [4.69, 9.17) is 5.11 Å². The van der Waals surface area contributed by atoms with Gasteiger partial charge in [-0.1, -0.05) is 0 Å². The smallest absolute Gasteiger partial charge is 0.220 e. The predicted molar refractivity (Wildman–Crippen MR) is 73.4 cm³/mol. The fourth-order valence-corrected chi connectivity index (χ4v) is 3.12. The minimum atomic E-state index is 0.0603. The zero-order valence-corrected chi connectivity index (χ0v) is 12.2. The molecule has 1 aliphatic heterocycles. The summed E-state index contributed by atoms with van der Waals surface area (Å²) in [6, 6.07) is 0.248. The van der Waals surface area contributed by atoms with E-state index in [1.54, 1.807) is 0 Å². The average molecular weight is 256 g/mol. The van der Waals surface area contributed by atoms with Gasteiger partial charge in [-0.3, -0.25) is 4.79 Å². The van der Waals surface area contributed by atoms with Crippen LogP contribution >= 0.6 is 0 Å². The lowest BCUT2D eigenvalue weighted by molar-refractivity contribution is -0.122. The van der Waals surface area contributed by atoms with Crippen molar-refractivity contribution in [1.29, 1.82) is 0 Å². The summed E-state index contributed by atoms with van der Waals surface area (Å²) in [5, 5.41) is 15.4. The first-order valence-corrected chi connectivity index (χ1v) is 6.94. The number of piperidine rings is 1. The Labute approximate surface area is 111 Å². The molecule has 0 aliphatic carbocycles. The fourth-order valence-electron chi connectivity index (χ4n) is 3.12. The zero-order chi connectivity index (χ0) is 13.8. The molecule has 4 heteroatoms. The summed E-state index contributed by atoms with van der Waals surface area (Å²) >= 11 is 0. The molecular weight excluding hydrogens is 228 g/mol. The third-order valence-electron chi connectivity index (χ3n) is 3.37. The molecule has 106 valence electrons. The molecular formula is C14H28N2O2. The molecule has 0 radical (unpaired) electrons. The van der Waals surface area contributed by atoms with Gasteiger partial charge in [0.1, 0.15) is 0 Å². The van der Waals surface area contributed by atoms with Gasteiger partial charge < -0.3 is 15.7 Å². The molecule has 4 nitrogen and oxygen atoms in total. The molecule has 1 saturated heterocycles. The molecule has 0 bridgehead atoms. The Morgan fingerprint density at radius 1 is 1.22 bits per heavy atom. The van der Waals surface area contributed by atoms with Crippen LogP contribution in [0.1, 0.15) is 59.8 Å². The van der Waals surface area contributed by atoms with Crippen LogP contribution in [0.5, 0.6) is 0 Å². The van der Waals surface area contributed by atoms with Crippen LogP contribution in [0.2, 0.25) is 0 Å². The number of unbranched alkanes of at least 4 members (excludes halogenated alkanes) is 1. The summed E-state index contributed by atoms with van der Waals surface area (Å²) in [6.45, 7) is 8.88. The standard InChI is InChI=1S/C14H28N2O2/c1-13(2)9-11(10-14(3,4)16-13)15-12(18)7-5-6-8-17/h11,16-17H,5-10H2,1-4H3,(H,15,18). The summed E-state index contributed by atoms with van der Waals surface area (Å²) in [5.74, 6) is 0.113. The van der Waals surface area contributed by atoms with E-state index in [0.29, 0.717) is 12.8 Å². The van der Waals surface area contributed by atoms with Crippen molar-refractivity contribution in [2.75, 3.05) is 6.61 Å². The molecule has 0 saturated carbocycles. The lowest BCUT2D eigenvalue weighted by atomic mass is 9.79. The van der Waals surface area contributed by atoms with Gasteiger partial charge >= 0.3 is 0 Å². The number of rotatable bonds is 5. The van der Waals surface area contributed by atoms with Crippen LogP contribution in [0.15, 0.2) is 0 Å². The summed E-state index contributed by atoms with van der Waals surface area (Å²) in [7, 11) is 0. The zero-order valence-electron chi connectivity index (χ0n) is 12.2. The van der Waals surface area contributed by atoms with Gasteiger partial charge in [0.2, 0.25) is 5.91 Å². The van der Waals surface area contributed by atoms with Crippen LogP contribution in [0.25, 0.3) is 0 Å². The van der Waals surface area contributed by atoms with Gasteiger partial charge in [-0.25, -0.2) is 0 Å². The van der Waals surface area contributed by atoms with E-state index in [9.17, 15) is 4.79 Å². The Hall–Kier alpha value is -0.610. The maximum absolute atomic E-state index is 11.8. The molecule has 1 fully saturated rings. The van der Waals surface area contributed by atoms with E-state index in [1.807, 2.05) is 0 Å². The average Bonchev–Trinajstić information content (AvgIpc) is 2.12. The number of nitrogens with one attached hydrogen (secondary N) is 2. The van der Waals surface area contributed by atoms with Gasteiger partial charge in [-0.15, -0.1) is 0 Å². The molecule has 1 aliphatic rings. The monoisotopic (exact) mass is 256 g/mol. The van der Waals surface area contributed by atoms with Crippen LogP contribution < -0.4 is 10.6 Å². The van der Waals surface area contributed by atoms with E-state index >= 15 is 0 Å². The largest absolute Gasteiger partial charge is 0.396 e. The van der Waals surface area contributed by atoms with Crippen molar-refractivity contribution in [3.8, 4) is 0 Å². The number of aliphatic hydroxyl groups is 1. The number of hydrogen-bond acceptors (Lipinski definition) is 3. The summed E-state index contributed by atoms with van der Waals surface area (Å²) in [6.07, 6.45) is 3.91. The Balaban J connectivity index is 2.44. The van der Waals surface area contributed by atoms with Crippen molar-refractivity contribution >= 4 is 5.91 Å². The van der Waals surface area contributed by atoms with Gasteiger partial charge in [-0.2, -0.15) is 0 Å². The maximum Gasteiger partial charge on any atom is 0.220 e. The normalized spacial score (nSPS) is 22.7. The molecule has 0 aromatic carbocycles. The van der Waals surface area contributed by atoms with Crippen molar-refractivity contribution < 1.29 is 9.90 Å². The first kappa shape index (κ1) is 15.4. The van der Waals surface area contributed by atoms with E-state index in [2.05, 4.69) is 38.3 Å². The summed E-state index contributed by atoms with van der Waals surface area (Å²) < 4.78 is 0. The molecule has 0 aromatic rings. The highest BCUT2D eigenvalue weighted by Gasteiger charge is 2.37. The molecule has 1 amide bonds. The minimum absolute atomic E-state index is 0.0603. The lowest BCUT2D eigenvalue weighted by Crippen LogP contribution is -2.62. The SMILES string of the molecule is CC1(C)CC(NC(=O)CCCCO)CC(C)(C)N1. The van der Waals surface area contributed by atoms with Crippen LogP contribution in [0.4, 0.5) is 0 Å². The highest BCUT2D eigenvalue weighted by Crippen LogP contribution is 2.28. The van der Waals surface area contributed by atoms with E-state index in [0.717, 1.165) is 19.3 Å². The van der Waals surface area contributed by atoms with Gasteiger partial charge in [0, 0.05) is 30.1 Å². The van der Waals surface area contributed by atoms with Gasteiger partial charge in [0.25, 0.3) is 0 Å². The molecule has 1 heterocycles. The summed E-state index contributed by atoms with van der Waals surface area (Å²) in [4.78, 5) is 11.8. The third-order valence-corrected chi connectivity index (χ3v) is 3.37. The van der Waals surface area contributed by atoms with Crippen LogP contribution in [0, 0.1) is 0 Å². The maximum atomic E-state index is 11.8. The van der Waals surface area contributed by atoms with Crippen molar-refractivity contribution in [3.63, 3.8) is 0 Å². The molecule has 1 rings (SSSR count). The second-order valence-corrected chi connectivity index (χ2v) is 6.75. The third kappa shape index (κ3) is 5.36. The minimum Gasteiger partial charge on any atom is -0.396 e. The van der Waals surface area contributed by atoms with E-state index in [-0.39, 0.29) is 29.6 Å². The van der Waals surface area contributed by atoms with Gasteiger partial charge in [-0.05, 0) is 53.4 Å². The number of carbonyl (C=O) groups is 1. The van der Waals surface area contributed by atoms with E-state index in [1.165, 1.54) is 0 Å². The molecule has 18 heavy (non-hydrogen) atoms. The topological polar surface area (TPSA) is 61.4 Å². The first-order valence-electron chi connectivity index (χ1n) is 6.94. The second kappa shape index (κ2) is 6.02. The Bertz CT molecular complexity index is 272. The second-order valence-electron chi connectivity index (χ2n) is 6.75. The fraction of sp³-hybridized carbons (Fsp3) is 0.929. The van der Waals surface area contributed by atoms with Gasteiger partial charge in [0.15, 0.2) is 0 Å². The molecule has 0 spiro atoms. The Kier molecular flexibility index (Phi) is 5.17. The van der Waals surface area contributed by atoms with Gasteiger partial charge in [0.05, 0.1) is 0 Å². The van der Waals surface area contributed by atoms with Crippen molar-refractivity contribution in [2.45, 2.75) is 76.9 Å². The summed E-state index contributed by atoms with van der Waals surface area (Å²) in [5.41, 5.74) is 0.121. The first-order chi connectivity index (χ1) is 8.24. The van der Waals surface area contributed by atoms with Crippen LogP contribution in [0.3, 0.4) is 0 Å². The number of hydrogen-bond donors (Lipinski definition) is 3. The predicted octanol–water partition coefficient (Wildman–Crippen LogP) is 1.57. The highest BCUT2D eigenvalue weighted by molar-refractivity contribution is 5.76. The Morgan fingerprint density at radius 3 is 2.28 bits per heavy atom. The lowest BCUT2D eigenvalue weighted by Gasteiger charge is -2.46. The number of carbonyl (C=O) groups excluding carboxylic acids is 1. The van der Waals surface area contributed by atoms with Crippen LogP contribution in [-0.2, 0) is 4.79 Å². The molecule has 3 N–H and O–H groups in total. The van der Waals surface area contributed by atoms with Crippen molar-refractivity contribution in [3.05, 3.63) is 0 Å². The molecule has 0 atom stereocenters. The van der Waals surface area contributed by atoms with Crippen molar-refractivity contribution in [1.82, 2.24) is 10.6 Å².